The molecule has 0 spiro atoms. The summed E-state index contributed by atoms with van der Waals surface area (Å²) in [5.41, 5.74) is 0.315. The van der Waals surface area contributed by atoms with Gasteiger partial charge in [-0.15, -0.1) is 0 Å². The van der Waals surface area contributed by atoms with Gasteiger partial charge in [0.2, 0.25) is 17.2 Å². The Morgan fingerprint density at radius 3 is 1.32 bits per heavy atom. The number of hydrogen-bond donors (Lipinski definition) is 5. The Kier molecular flexibility index (Phi) is 3.12. The van der Waals surface area contributed by atoms with E-state index in [2.05, 4.69) is 0 Å². The lowest BCUT2D eigenvalue weighted by molar-refractivity contribution is 0.330. The van der Waals surface area contributed by atoms with Crippen molar-refractivity contribution in [2.45, 2.75) is 0 Å². The molecule has 0 saturated heterocycles. The molecule has 0 aliphatic carbocycles. The van der Waals surface area contributed by atoms with Gasteiger partial charge in [-0.1, -0.05) is 48.5 Å². The minimum absolute atomic E-state index is 0.138. The fourth-order valence-electron chi connectivity index (χ4n) is 3.21. The monoisotopic (exact) mass is 334 g/mol. The van der Waals surface area contributed by atoms with Gasteiger partial charge in [-0.25, -0.2) is 0 Å². The maximum atomic E-state index is 10.4. The molecule has 0 radical (unpaired) electrons. The average Bonchev–Trinajstić information content (AvgIpc) is 2.64. The molecule has 0 aliphatic rings. The van der Waals surface area contributed by atoms with Crippen LogP contribution in [0.4, 0.5) is 0 Å². The van der Waals surface area contributed by atoms with Crippen LogP contribution < -0.4 is 0 Å². The van der Waals surface area contributed by atoms with Crippen molar-refractivity contribution >= 4 is 21.5 Å². The molecule has 4 rings (SSSR count). The molecule has 124 valence electrons. The number of hydrogen-bond acceptors (Lipinski definition) is 5. The van der Waals surface area contributed by atoms with Gasteiger partial charge in [0.25, 0.3) is 0 Å². The van der Waals surface area contributed by atoms with Gasteiger partial charge in [0, 0.05) is 5.56 Å². The normalized spacial score (nSPS) is 11.2. The Morgan fingerprint density at radius 2 is 0.840 bits per heavy atom. The number of rotatable bonds is 1. The molecule has 0 aromatic heterocycles. The zero-order valence-corrected chi connectivity index (χ0v) is 12.9. The van der Waals surface area contributed by atoms with Crippen LogP contribution >= 0.6 is 0 Å². The summed E-state index contributed by atoms with van der Waals surface area (Å²) < 4.78 is 0. The minimum atomic E-state index is -0.969. The summed E-state index contributed by atoms with van der Waals surface area (Å²) in [4.78, 5) is 0. The molecule has 0 atom stereocenters. The summed E-state index contributed by atoms with van der Waals surface area (Å²) in [6.45, 7) is 0. The van der Waals surface area contributed by atoms with Gasteiger partial charge in [0.05, 0.1) is 5.56 Å². The first kappa shape index (κ1) is 15.0. The summed E-state index contributed by atoms with van der Waals surface area (Å²) in [5.74, 6) is -4.14. The van der Waals surface area contributed by atoms with Crippen LogP contribution in [0.1, 0.15) is 0 Å². The van der Waals surface area contributed by atoms with Crippen LogP contribution in [0.5, 0.6) is 28.7 Å². The van der Waals surface area contributed by atoms with Crippen molar-refractivity contribution in [2.75, 3.05) is 0 Å². The molecule has 0 amide bonds. The standard InChI is InChI=1S/C20H14O5/c21-16-15(17(22)19(24)20(25)18(16)23)14-12-7-3-1-5-10(12)9-11-6-2-4-8-13(11)14/h1-9,21-25H. The van der Waals surface area contributed by atoms with Gasteiger partial charge in [-0.2, -0.15) is 0 Å². The highest BCUT2D eigenvalue weighted by atomic mass is 16.4. The maximum absolute atomic E-state index is 10.4. The lowest BCUT2D eigenvalue weighted by Gasteiger charge is -2.16. The maximum Gasteiger partial charge on any atom is 0.208 e. The van der Waals surface area contributed by atoms with Crippen molar-refractivity contribution in [1.29, 1.82) is 0 Å². The Balaban J connectivity index is 2.28. The molecule has 4 aromatic rings. The van der Waals surface area contributed by atoms with Gasteiger partial charge < -0.3 is 25.5 Å². The quantitative estimate of drug-likeness (QED) is 0.204. The number of phenolic OH excluding ortho intramolecular Hbond substituents is 5. The molecular formula is C20H14O5. The van der Waals surface area contributed by atoms with Gasteiger partial charge in [-0.05, 0) is 27.6 Å². The Bertz CT molecular complexity index is 1060. The molecule has 5 nitrogen and oxygen atoms in total. The Morgan fingerprint density at radius 1 is 0.440 bits per heavy atom. The first-order valence-corrected chi connectivity index (χ1v) is 7.60. The van der Waals surface area contributed by atoms with Crippen molar-refractivity contribution in [3.63, 3.8) is 0 Å². The fraction of sp³-hybridized carbons (Fsp3) is 0. The second-order valence-corrected chi connectivity index (χ2v) is 5.81. The summed E-state index contributed by atoms with van der Waals surface area (Å²) >= 11 is 0. The number of phenols is 5. The topological polar surface area (TPSA) is 101 Å². The third-order valence-electron chi connectivity index (χ3n) is 4.39. The molecule has 0 saturated carbocycles. The molecular weight excluding hydrogens is 320 g/mol. The minimum Gasteiger partial charge on any atom is -0.504 e. The Labute approximate surface area is 142 Å². The van der Waals surface area contributed by atoms with E-state index in [1.807, 2.05) is 54.6 Å². The van der Waals surface area contributed by atoms with E-state index in [0.717, 1.165) is 21.5 Å². The van der Waals surface area contributed by atoms with E-state index < -0.39 is 28.7 Å². The summed E-state index contributed by atoms with van der Waals surface area (Å²) in [6.07, 6.45) is 0. The predicted molar refractivity (Wildman–Crippen MR) is 95.2 cm³/mol. The third kappa shape index (κ3) is 2.03. The highest BCUT2D eigenvalue weighted by Gasteiger charge is 2.26. The van der Waals surface area contributed by atoms with Crippen LogP contribution in [-0.4, -0.2) is 25.5 Å². The fourth-order valence-corrected chi connectivity index (χ4v) is 3.21. The van der Waals surface area contributed by atoms with Gasteiger partial charge in [0.1, 0.15) is 0 Å². The summed E-state index contributed by atoms with van der Waals surface area (Å²) in [5, 5.41) is 53.4. The number of fused-ring (bicyclic) bond motifs is 2. The zero-order valence-electron chi connectivity index (χ0n) is 12.9. The first-order chi connectivity index (χ1) is 12.0. The molecule has 0 fully saturated rings. The molecule has 0 unspecified atom stereocenters. The molecule has 0 aliphatic heterocycles. The summed E-state index contributed by atoms with van der Waals surface area (Å²) in [6, 6.07) is 16.7. The SMILES string of the molecule is Oc1c(O)c(O)c(-c2c3ccccc3cc3ccccc23)c(O)c1O. The second-order valence-electron chi connectivity index (χ2n) is 5.81. The van der Waals surface area contributed by atoms with Crippen molar-refractivity contribution in [3.8, 4) is 39.9 Å². The molecule has 0 bridgehead atoms. The van der Waals surface area contributed by atoms with Gasteiger partial charge in [-0.3, -0.25) is 0 Å². The van der Waals surface area contributed by atoms with Crippen LogP contribution in [-0.2, 0) is 0 Å². The van der Waals surface area contributed by atoms with Gasteiger partial charge >= 0.3 is 0 Å². The van der Waals surface area contributed by atoms with Crippen molar-refractivity contribution < 1.29 is 25.5 Å². The van der Waals surface area contributed by atoms with E-state index >= 15 is 0 Å². The number of aromatic hydroxyl groups is 5. The largest absolute Gasteiger partial charge is 0.504 e. The third-order valence-corrected chi connectivity index (χ3v) is 4.39. The number of benzene rings is 4. The molecule has 5 N–H and O–H groups in total. The van der Waals surface area contributed by atoms with Crippen LogP contribution in [0.25, 0.3) is 32.7 Å². The predicted octanol–water partition coefficient (Wildman–Crippen LogP) is 4.19. The smallest absolute Gasteiger partial charge is 0.208 e. The van der Waals surface area contributed by atoms with Crippen molar-refractivity contribution in [3.05, 3.63) is 54.6 Å². The zero-order chi connectivity index (χ0) is 17.7. The van der Waals surface area contributed by atoms with Gasteiger partial charge in [0.15, 0.2) is 11.5 Å². The summed E-state index contributed by atoms with van der Waals surface area (Å²) in [7, 11) is 0. The highest BCUT2D eigenvalue weighted by molar-refractivity contribution is 6.15. The van der Waals surface area contributed by atoms with E-state index in [-0.39, 0.29) is 5.56 Å². The average molecular weight is 334 g/mol. The first-order valence-electron chi connectivity index (χ1n) is 7.60. The van der Waals surface area contributed by atoms with E-state index in [9.17, 15) is 25.5 Å². The van der Waals surface area contributed by atoms with E-state index in [4.69, 9.17) is 0 Å². The Hall–Kier alpha value is -3.60. The lowest BCUT2D eigenvalue weighted by Crippen LogP contribution is -1.89. The van der Waals surface area contributed by atoms with Crippen LogP contribution in [0.15, 0.2) is 54.6 Å². The van der Waals surface area contributed by atoms with Crippen LogP contribution in [0.2, 0.25) is 0 Å². The highest BCUT2D eigenvalue weighted by Crippen LogP contribution is 2.56. The van der Waals surface area contributed by atoms with Crippen LogP contribution in [0, 0.1) is 0 Å². The van der Waals surface area contributed by atoms with Crippen LogP contribution in [0.3, 0.4) is 0 Å². The van der Waals surface area contributed by atoms with E-state index in [1.165, 1.54) is 0 Å². The molecule has 4 aromatic carbocycles. The molecule has 25 heavy (non-hydrogen) atoms. The van der Waals surface area contributed by atoms with Crippen molar-refractivity contribution in [1.82, 2.24) is 0 Å². The molecule has 0 heterocycles. The van der Waals surface area contributed by atoms with Crippen molar-refractivity contribution in [2.24, 2.45) is 0 Å². The van der Waals surface area contributed by atoms with E-state index in [0.29, 0.717) is 5.56 Å². The van der Waals surface area contributed by atoms with E-state index in [1.54, 1.807) is 0 Å². The lowest BCUT2D eigenvalue weighted by atomic mass is 9.90. The molecule has 5 heteroatoms. The second kappa shape index (κ2) is 5.21.